The summed E-state index contributed by atoms with van der Waals surface area (Å²) in [5.74, 6) is -2.77. The van der Waals surface area contributed by atoms with Gasteiger partial charge in [0.1, 0.15) is 0 Å². The van der Waals surface area contributed by atoms with Crippen LogP contribution in [-0.2, 0) is 10.8 Å². The Labute approximate surface area is 206 Å². The molecule has 2 rings (SSSR count). The van der Waals surface area contributed by atoms with Gasteiger partial charge in [-0.2, -0.15) is 0 Å². The number of thiophene rings is 1. The summed E-state index contributed by atoms with van der Waals surface area (Å²) in [7, 11) is -2.31. The number of hydrogen-bond donors (Lipinski definition) is 0. The Kier molecular flexibility index (Phi) is 10.4. The summed E-state index contributed by atoms with van der Waals surface area (Å²) in [4.78, 5) is 1.21. The normalized spacial score (nSPS) is 19.2. The van der Waals surface area contributed by atoms with Gasteiger partial charge in [0.15, 0.2) is 0 Å². The summed E-state index contributed by atoms with van der Waals surface area (Å²) in [6.07, 6.45) is 6.99. The van der Waals surface area contributed by atoms with Crippen LogP contribution in [0.4, 0.5) is 8.78 Å². The monoisotopic (exact) mass is 594 g/mol. The van der Waals surface area contributed by atoms with Gasteiger partial charge in [-0.1, -0.05) is 0 Å². The Bertz CT molecular complexity index is 704. The standard InChI is InChI=1S/C14H21F2OSSi.3C4H9.Sn/c1-13(2,3)19(4,5)17-12-10-7-9-18-11(10)6-8-14(12,15)16;3*1-3-4-2;/h7,12H,6,8H2,1-5H3;3*1,3-4H2,2H3;. The third-order valence-corrected chi connectivity index (χ3v) is 31.8. The van der Waals surface area contributed by atoms with Crippen molar-refractivity contribution >= 4 is 40.9 Å². The first kappa shape index (κ1) is 28.8. The Morgan fingerprint density at radius 1 is 1.03 bits per heavy atom. The number of halogens is 2. The van der Waals surface area contributed by atoms with Crippen molar-refractivity contribution in [2.75, 3.05) is 0 Å². The first-order chi connectivity index (χ1) is 14.8. The molecule has 0 saturated heterocycles. The third-order valence-electron chi connectivity index (χ3n) is 7.96. The minimum absolute atomic E-state index is 0.0688. The van der Waals surface area contributed by atoms with Crippen molar-refractivity contribution in [2.45, 2.75) is 136 Å². The number of rotatable bonds is 12. The second-order valence-corrected chi connectivity index (χ2v) is 31.7. The van der Waals surface area contributed by atoms with Gasteiger partial charge in [-0.3, -0.25) is 0 Å². The first-order valence-corrected chi connectivity index (χ1v) is 24.2. The summed E-state index contributed by atoms with van der Waals surface area (Å²) in [6, 6.07) is 2.27. The van der Waals surface area contributed by atoms with Gasteiger partial charge in [0.25, 0.3) is 0 Å². The van der Waals surface area contributed by atoms with E-state index in [2.05, 4.69) is 60.7 Å². The molecule has 0 aromatic carbocycles. The second-order valence-electron chi connectivity index (χ2n) is 11.6. The molecule has 1 aromatic heterocycles. The van der Waals surface area contributed by atoms with Crippen LogP contribution in [0.5, 0.6) is 0 Å². The first-order valence-electron chi connectivity index (χ1n) is 13.0. The van der Waals surface area contributed by atoms with Crippen LogP contribution in [0.2, 0.25) is 31.4 Å². The summed E-state index contributed by atoms with van der Waals surface area (Å²) in [5, 5.41) is -0.0775. The average molecular weight is 594 g/mol. The summed E-state index contributed by atoms with van der Waals surface area (Å²) >= 11 is -0.702. The van der Waals surface area contributed by atoms with E-state index in [4.69, 9.17) is 4.43 Å². The van der Waals surface area contributed by atoms with Crippen molar-refractivity contribution in [2.24, 2.45) is 0 Å². The second kappa shape index (κ2) is 11.5. The van der Waals surface area contributed by atoms with Gasteiger partial charge in [0.2, 0.25) is 0 Å². The zero-order valence-electron chi connectivity index (χ0n) is 22.0. The number of aryl methyl sites for hydroxylation is 1. The Morgan fingerprint density at radius 3 is 1.97 bits per heavy atom. The molecule has 1 unspecified atom stereocenters. The van der Waals surface area contributed by atoms with E-state index in [1.807, 2.05) is 11.3 Å². The van der Waals surface area contributed by atoms with Crippen LogP contribution in [0.25, 0.3) is 0 Å². The molecule has 0 aliphatic heterocycles. The van der Waals surface area contributed by atoms with Crippen molar-refractivity contribution < 1.29 is 13.2 Å². The van der Waals surface area contributed by atoms with E-state index >= 15 is 8.78 Å². The number of unbranched alkanes of at least 4 members (excludes halogenated alkanes) is 3. The molecule has 0 spiro atoms. The van der Waals surface area contributed by atoms with Gasteiger partial charge >= 0.3 is 207 Å². The molecule has 0 saturated carbocycles. The maximum atomic E-state index is 15.3. The van der Waals surface area contributed by atoms with E-state index < -0.39 is 38.7 Å². The van der Waals surface area contributed by atoms with Gasteiger partial charge in [-0.15, -0.1) is 0 Å². The maximum absolute atomic E-state index is 15.3. The van der Waals surface area contributed by atoms with Crippen LogP contribution in [0.15, 0.2) is 6.07 Å². The zero-order valence-corrected chi connectivity index (χ0v) is 26.7. The molecule has 32 heavy (non-hydrogen) atoms. The molecule has 1 aliphatic rings. The van der Waals surface area contributed by atoms with E-state index in [9.17, 15) is 0 Å². The van der Waals surface area contributed by atoms with Crippen LogP contribution in [0.1, 0.15) is 103 Å². The van der Waals surface area contributed by atoms with Crippen molar-refractivity contribution in [1.29, 1.82) is 0 Å². The van der Waals surface area contributed by atoms with Gasteiger partial charge in [-0.05, 0) is 0 Å². The Morgan fingerprint density at radius 2 is 1.53 bits per heavy atom. The topological polar surface area (TPSA) is 9.23 Å². The van der Waals surface area contributed by atoms with Gasteiger partial charge in [-0.25, -0.2) is 0 Å². The van der Waals surface area contributed by atoms with E-state index in [1.165, 1.54) is 56.7 Å². The van der Waals surface area contributed by atoms with Crippen LogP contribution in [0, 0.1) is 0 Å². The number of fused-ring (bicyclic) bond motifs is 1. The molecule has 6 heteroatoms. The fourth-order valence-electron chi connectivity index (χ4n) is 4.67. The molecule has 0 amide bonds. The molecule has 0 radical (unpaired) electrons. The predicted molar refractivity (Wildman–Crippen MR) is 143 cm³/mol. The average Bonchev–Trinajstić information content (AvgIpc) is 3.14. The van der Waals surface area contributed by atoms with Crippen molar-refractivity contribution in [3.8, 4) is 0 Å². The van der Waals surface area contributed by atoms with Crippen molar-refractivity contribution in [1.82, 2.24) is 0 Å². The fraction of sp³-hybridized carbons (Fsp3) is 0.846. The van der Waals surface area contributed by atoms with Gasteiger partial charge < -0.3 is 0 Å². The van der Waals surface area contributed by atoms with E-state index in [0.717, 1.165) is 5.56 Å². The van der Waals surface area contributed by atoms with E-state index in [1.54, 1.807) is 2.89 Å². The summed E-state index contributed by atoms with van der Waals surface area (Å²) in [6.45, 7) is 17.5. The van der Waals surface area contributed by atoms with Crippen LogP contribution in [0.3, 0.4) is 0 Å². The van der Waals surface area contributed by atoms with Gasteiger partial charge in [0.05, 0.1) is 0 Å². The van der Waals surface area contributed by atoms with Crippen LogP contribution < -0.4 is 2.89 Å². The minimum atomic E-state index is -2.77. The molecule has 1 nitrogen and oxygen atoms in total. The molecule has 0 bridgehead atoms. The third kappa shape index (κ3) is 6.60. The Balaban J connectivity index is 2.52. The van der Waals surface area contributed by atoms with Gasteiger partial charge in [0, 0.05) is 0 Å². The molecule has 1 heterocycles. The molecule has 1 atom stereocenters. The van der Waals surface area contributed by atoms with Crippen LogP contribution in [-0.4, -0.2) is 32.6 Å². The summed E-state index contributed by atoms with van der Waals surface area (Å²) in [5.41, 5.74) is 0.858. The van der Waals surface area contributed by atoms with Crippen molar-refractivity contribution in [3.05, 3.63) is 16.5 Å². The van der Waals surface area contributed by atoms with Crippen LogP contribution >= 0.6 is 11.3 Å². The number of alkyl halides is 2. The molecule has 1 aromatic rings. The molecule has 186 valence electrons. The van der Waals surface area contributed by atoms with E-state index in [0.29, 0.717) is 6.42 Å². The van der Waals surface area contributed by atoms with Crippen molar-refractivity contribution in [3.63, 3.8) is 0 Å². The zero-order chi connectivity index (χ0) is 24.2. The predicted octanol–water partition coefficient (Wildman–Crippen LogP) is 9.45. The molecular weight excluding hydrogens is 545 g/mol. The molecule has 0 fully saturated rings. The summed E-state index contributed by atoms with van der Waals surface area (Å²) < 4.78 is 42.8. The Hall–Kier alpha value is 0.536. The molecule has 0 N–H and O–H groups in total. The van der Waals surface area contributed by atoms with E-state index in [-0.39, 0.29) is 11.5 Å². The fourth-order valence-corrected chi connectivity index (χ4v) is 26.4. The number of hydrogen-bond acceptors (Lipinski definition) is 2. The SMILES string of the molecule is CCC[CH2][Sn]([CH2]CCC)([CH2]CCC)[c]1cc2c(s1)CCC(F)(F)C2O[Si](C)(C)C(C)(C)C. The molecular formula is C26H48F2OSSiSn. The quantitative estimate of drug-likeness (QED) is 0.220. The molecule has 1 aliphatic carbocycles.